The van der Waals surface area contributed by atoms with Gasteiger partial charge in [0.15, 0.2) is 0 Å². The zero-order valence-corrected chi connectivity index (χ0v) is 14.2. The van der Waals surface area contributed by atoms with Crippen molar-refractivity contribution in [3.63, 3.8) is 0 Å². The standard InChI is InChI=1S/C21H23NO3/c23-15(11-14-9-10-14)12-22-21(24)25-13-20-18-7-3-1-5-16(18)17-6-2-4-8-19(17)20/h1-8,14-15,20,23H,9-13H2,(H,22,24). The molecule has 130 valence electrons. The Bertz CT molecular complexity index is 724. The summed E-state index contributed by atoms with van der Waals surface area (Å²) in [5.41, 5.74) is 4.83. The van der Waals surface area contributed by atoms with Crippen molar-refractivity contribution < 1.29 is 14.6 Å². The number of carbonyl (C=O) groups excluding carboxylic acids is 1. The topological polar surface area (TPSA) is 58.6 Å². The largest absolute Gasteiger partial charge is 0.449 e. The summed E-state index contributed by atoms with van der Waals surface area (Å²) < 4.78 is 5.45. The first kappa shape index (κ1) is 16.2. The molecule has 2 N–H and O–H groups in total. The van der Waals surface area contributed by atoms with Crippen molar-refractivity contribution in [1.82, 2.24) is 5.32 Å². The molecule has 0 bridgehead atoms. The van der Waals surface area contributed by atoms with Crippen molar-refractivity contribution in [3.8, 4) is 11.1 Å². The molecule has 2 aromatic carbocycles. The van der Waals surface area contributed by atoms with Gasteiger partial charge in [0.1, 0.15) is 6.61 Å². The van der Waals surface area contributed by atoms with Gasteiger partial charge < -0.3 is 15.2 Å². The second-order valence-corrected chi connectivity index (χ2v) is 7.04. The lowest BCUT2D eigenvalue weighted by Crippen LogP contribution is -2.33. The molecule has 1 fully saturated rings. The van der Waals surface area contributed by atoms with E-state index in [0.717, 1.165) is 6.42 Å². The number of benzene rings is 2. The smallest absolute Gasteiger partial charge is 0.407 e. The van der Waals surface area contributed by atoms with Gasteiger partial charge in [0, 0.05) is 12.5 Å². The highest BCUT2D eigenvalue weighted by Gasteiger charge is 2.29. The summed E-state index contributed by atoms with van der Waals surface area (Å²) in [6, 6.07) is 16.5. The average Bonchev–Trinajstić information content (AvgIpc) is 3.39. The van der Waals surface area contributed by atoms with Crippen LogP contribution in [-0.4, -0.2) is 30.5 Å². The zero-order valence-electron chi connectivity index (χ0n) is 14.2. The van der Waals surface area contributed by atoms with Crippen molar-refractivity contribution >= 4 is 6.09 Å². The lowest BCUT2D eigenvalue weighted by atomic mass is 9.98. The normalized spacial score (nSPS) is 16.8. The molecule has 25 heavy (non-hydrogen) atoms. The molecule has 1 saturated carbocycles. The minimum Gasteiger partial charge on any atom is -0.449 e. The fourth-order valence-electron chi connectivity index (χ4n) is 3.67. The summed E-state index contributed by atoms with van der Waals surface area (Å²) in [6.45, 7) is 0.561. The molecule has 4 nitrogen and oxygen atoms in total. The summed E-state index contributed by atoms with van der Waals surface area (Å²) >= 11 is 0. The maximum Gasteiger partial charge on any atom is 0.407 e. The average molecular weight is 337 g/mol. The minimum absolute atomic E-state index is 0.0644. The fourth-order valence-corrected chi connectivity index (χ4v) is 3.67. The molecule has 4 rings (SSSR count). The van der Waals surface area contributed by atoms with Crippen molar-refractivity contribution in [2.75, 3.05) is 13.2 Å². The Morgan fingerprint density at radius 1 is 1.08 bits per heavy atom. The molecule has 2 aliphatic carbocycles. The third kappa shape index (κ3) is 3.54. The molecule has 0 aliphatic heterocycles. The number of hydrogen-bond acceptors (Lipinski definition) is 3. The van der Waals surface area contributed by atoms with E-state index in [1.165, 1.54) is 35.1 Å². The molecule has 2 aliphatic rings. The van der Waals surface area contributed by atoms with Gasteiger partial charge in [0.05, 0.1) is 6.10 Å². The second kappa shape index (κ2) is 6.89. The molecule has 2 aromatic rings. The summed E-state index contributed by atoms with van der Waals surface area (Å²) in [6.07, 6.45) is 2.22. The fraction of sp³-hybridized carbons (Fsp3) is 0.381. The van der Waals surface area contributed by atoms with Gasteiger partial charge in [0.25, 0.3) is 0 Å². The van der Waals surface area contributed by atoms with E-state index in [2.05, 4.69) is 29.6 Å². The zero-order chi connectivity index (χ0) is 17.2. The first-order valence-electron chi connectivity index (χ1n) is 8.99. The Kier molecular flexibility index (Phi) is 4.45. The monoisotopic (exact) mass is 337 g/mol. The van der Waals surface area contributed by atoms with Crippen molar-refractivity contribution in [2.24, 2.45) is 5.92 Å². The maximum absolute atomic E-state index is 12.0. The molecule has 0 aromatic heterocycles. The summed E-state index contributed by atoms with van der Waals surface area (Å²) in [5, 5.41) is 12.6. The van der Waals surface area contributed by atoms with E-state index >= 15 is 0 Å². The molecule has 0 radical (unpaired) electrons. The van der Waals surface area contributed by atoms with E-state index in [1.807, 2.05) is 24.3 Å². The van der Waals surface area contributed by atoms with Crippen LogP contribution in [0.3, 0.4) is 0 Å². The lowest BCUT2D eigenvalue weighted by molar-refractivity contribution is 0.123. The van der Waals surface area contributed by atoms with Gasteiger partial charge in [-0.25, -0.2) is 4.79 Å². The Hall–Kier alpha value is -2.33. The third-order valence-corrected chi connectivity index (χ3v) is 5.13. The SMILES string of the molecule is O=C(NCC(O)CC1CC1)OCC1c2ccccc2-c2ccccc21. The van der Waals surface area contributed by atoms with Crippen molar-refractivity contribution in [3.05, 3.63) is 59.7 Å². The van der Waals surface area contributed by atoms with Crippen LogP contribution in [0.15, 0.2) is 48.5 Å². The molecular weight excluding hydrogens is 314 g/mol. The molecule has 0 heterocycles. The number of rotatable bonds is 6. The summed E-state index contributed by atoms with van der Waals surface area (Å²) in [7, 11) is 0. The molecular formula is C21H23NO3. The number of fused-ring (bicyclic) bond motifs is 3. The molecule has 1 unspecified atom stereocenters. The first-order chi connectivity index (χ1) is 12.2. The van der Waals surface area contributed by atoms with Crippen LogP contribution in [0.25, 0.3) is 11.1 Å². The summed E-state index contributed by atoms with van der Waals surface area (Å²) in [4.78, 5) is 12.0. The number of alkyl carbamates (subject to hydrolysis) is 1. The molecule has 1 amide bonds. The van der Waals surface area contributed by atoms with Crippen LogP contribution >= 0.6 is 0 Å². The van der Waals surface area contributed by atoms with Crippen LogP contribution in [0.2, 0.25) is 0 Å². The van der Waals surface area contributed by atoms with Gasteiger partial charge in [-0.15, -0.1) is 0 Å². The number of amides is 1. The highest BCUT2D eigenvalue weighted by Crippen LogP contribution is 2.44. The predicted octanol–water partition coefficient (Wildman–Crippen LogP) is 3.69. The van der Waals surface area contributed by atoms with E-state index in [4.69, 9.17) is 4.74 Å². The van der Waals surface area contributed by atoms with E-state index in [0.29, 0.717) is 12.5 Å². The Morgan fingerprint density at radius 2 is 1.68 bits per heavy atom. The first-order valence-corrected chi connectivity index (χ1v) is 8.99. The number of ether oxygens (including phenoxy) is 1. The van der Waals surface area contributed by atoms with Crippen molar-refractivity contribution in [1.29, 1.82) is 0 Å². The number of hydrogen-bond donors (Lipinski definition) is 2. The number of nitrogens with one attached hydrogen (secondary N) is 1. The molecule has 0 spiro atoms. The van der Waals surface area contributed by atoms with E-state index in [9.17, 15) is 9.90 Å². The number of aliphatic hydroxyl groups excluding tert-OH is 1. The van der Waals surface area contributed by atoms with Gasteiger partial charge in [-0.2, -0.15) is 0 Å². The van der Waals surface area contributed by atoms with Crippen LogP contribution < -0.4 is 5.32 Å². The van der Waals surface area contributed by atoms with E-state index < -0.39 is 12.2 Å². The predicted molar refractivity (Wildman–Crippen MR) is 96.4 cm³/mol. The number of aliphatic hydroxyl groups is 1. The second-order valence-electron chi connectivity index (χ2n) is 7.04. The lowest BCUT2D eigenvalue weighted by Gasteiger charge is -2.15. The van der Waals surface area contributed by atoms with Crippen LogP contribution in [0, 0.1) is 5.92 Å². The Labute approximate surface area is 147 Å². The molecule has 0 saturated heterocycles. The van der Waals surface area contributed by atoms with Crippen LogP contribution in [-0.2, 0) is 4.74 Å². The van der Waals surface area contributed by atoms with E-state index in [-0.39, 0.29) is 12.5 Å². The summed E-state index contributed by atoms with van der Waals surface area (Å²) in [5.74, 6) is 0.703. The highest BCUT2D eigenvalue weighted by molar-refractivity contribution is 5.79. The van der Waals surface area contributed by atoms with Crippen LogP contribution in [0.1, 0.15) is 36.3 Å². The van der Waals surface area contributed by atoms with Crippen LogP contribution in [0.5, 0.6) is 0 Å². The van der Waals surface area contributed by atoms with Gasteiger partial charge in [-0.05, 0) is 34.6 Å². The quantitative estimate of drug-likeness (QED) is 0.845. The van der Waals surface area contributed by atoms with Crippen LogP contribution in [0.4, 0.5) is 4.79 Å². The van der Waals surface area contributed by atoms with Gasteiger partial charge in [-0.3, -0.25) is 0 Å². The third-order valence-electron chi connectivity index (χ3n) is 5.13. The Balaban J connectivity index is 1.36. The Morgan fingerprint density at radius 3 is 2.28 bits per heavy atom. The van der Waals surface area contributed by atoms with Gasteiger partial charge in [0.2, 0.25) is 0 Å². The maximum atomic E-state index is 12.0. The minimum atomic E-state index is -0.479. The van der Waals surface area contributed by atoms with Gasteiger partial charge >= 0.3 is 6.09 Å². The molecule has 4 heteroatoms. The number of carbonyl (C=O) groups is 1. The van der Waals surface area contributed by atoms with Crippen molar-refractivity contribution in [2.45, 2.75) is 31.3 Å². The van der Waals surface area contributed by atoms with Gasteiger partial charge in [-0.1, -0.05) is 61.4 Å². The highest BCUT2D eigenvalue weighted by atomic mass is 16.5. The van der Waals surface area contributed by atoms with E-state index in [1.54, 1.807) is 0 Å². The molecule has 1 atom stereocenters.